The van der Waals surface area contributed by atoms with Crippen molar-refractivity contribution in [3.8, 4) is 45.0 Å². The van der Waals surface area contributed by atoms with Gasteiger partial charge in [0.15, 0.2) is 0 Å². The highest BCUT2D eigenvalue weighted by Gasteiger charge is 2.31. The quantitative estimate of drug-likeness (QED) is 0.142. The first-order valence-electron chi connectivity index (χ1n) is 29.3. The number of hydrogen-bond acceptors (Lipinski definition) is 4. The zero-order valence-electron chi connectivity index (χ0n) is 44.8. The third-order valence-corrected chi connectivity index (χ3v) is 20.2. The van der Waals surface area contributed by atoms with E-state index in [9.17, 15) is 0 Å². The molecular weight excluding hydrogens is 993 g/mol. The van der Waals surface area contributed by atoms with E-state index in [1.165, 1.54) is 156 Å². The molecule has 9 aromatic carbocycles. The fourth-order valence-electron chi connectivity index (χ4n) is 16.0. The molecule has 0 fully saturated rings. The minimum atomic E-state index is 0.791. The van der Waals surface area contributed by atoms with E-state index in [-0.39, 0.29) is 0 Å². The second-order valence-electron chi connectivity index (χ2n) is 24.9. The second-order valence-corrected chi connectivity index (χ2v) is 24.9. The molecular formula is C78H46N4. The summed E-state index contributed by atoms with van der Waals surface area (Å²) in [5.74, 6) is 0. The molecule has 0 aliphatic heterocycles. The van der Waals surface area contributed by atoms with Crippen LogP contribution in [0.15, 0.2) is 109 Å². The zero-order valence-corrected chi connectivity index (χ0v) is 44.8. The van der Waals surface area contributed by atoms with Crippen LogP contribution in [-0.2, 0) is 51.4 Å². The van der Waals surface area contributed by atoms with Crippen LogP contribution in [0.4, 0.5) is 0 Å². The highest BCUT2D eigenvalue weighted by Crippen LogP contribution is 2.48. The molecule has 4 heteroatoms. The summed E-state index contributed by atoms with van der Waals surface area (Å²) in [6.07, 6.45) is 35.1. The van der Waals surface area contributed by atoms with Gasteiger partial charge in [-0.25, -0.2) is 19.9 Å². The highest BCUT2D eigenvalue weighted by molar-refractivity contribution is 6.00. The number of rotatable bonds is 0. The van der Waals surface area contributed by atoms with Crippen molar-refractivity contribution in [2.24, 2.45) is 0 Å². The van der Waals surface area contributed by atoms with E-state index in [1.54, 1.807) is 0 Å². The first kappa shape index (κ1) is 43.0. The van der Waals surface area contributed by atoms with E-state index < -0.39 is 0 Å². The summed E-state index contributed by atoms with van der Waals surface area (Å²) < 4.78 is 0. The van der Waals surface area contributed by atoms with Gasteiger partial charge in [-0.05, 0) is 268 Å². The van der Waals surface area contributed by atoms with Crippen molar-refractivity contribution in [3.63, 3.8) is 0 Å². The second kappa shape index (κ2) is 15.1. The molecule has 82 heavy (non-hydrogen) atoms. The van der Waals surface area contributed by atoms with Gasteiger partial charge in [-0.2, -0.15) is 0 Å². The Morgan fingerprint density at radius 3 is 0.512 bits per heavy atom. The monoisotopic (exact) mass is 1040 g/mol. The molecule has 4 nitrogen and oxygen atoms in total. The number of nitrogens with zero attached hydrogens (tertiary/aromatic N) is 4. The summed E-state index contributed by atoms with van der Waals surface area (Å²) in [4.78, 5) is 23.1. The summed E-state index contributed by atoms with van der Waals surface area (Å²) in [6, 6.07) is 43.7. The average Bonchev–Trinajstić information content (AvgIpc) is 3.47. The molecule has 0 radical (unpaired) electrons. The molecule has 0 N–H and O–H groups in total. The Bertz CT molecular complexity index is 4620. The predicted octanol–water partition coefficient (Wildman–Crippen LogP) is 17.1. The predicted molar refractivity (Wildman–Crippen MR) is 336 cm³/mol. The largest absolute Gasteiger partial charge is 0.244 e. The average molecular weight is 1040 g/mol. The van der Waals surface area contributed by atoms with Gasteiger partial charge in [-0.1, -0.05) is 121 Å². The molecule has 0 spiro atoms. The molecule has 0 amide bonds. The van der Waals surface area contributed by atoms with Crippen LogP contribution in [0.3, 0.4) is 0 Å². The van der Waals surface area contributed by atoms with Gasteiger partial charge in [0, 0.05) is 22.3 Å². The molecule has 10 aliphatic rings. The lowest BCUT2D eigenvalue weighted by Crippen LogP contribution is -2.02. The minimum absolute atomic E-state index is 0.791. The Morgan fingerprint density at radius 1 is 0.159 bits per heavy atom. The summed E-state index contributed by atoms with van der Waals surface area (Å²) in [7, 11) is 0. The van der Waals surface area contributed by atoms with Gasteiger partial charge in [-0.3, -0.25) is 0 Å². The maximum absolute atomic E-state index is 5.79. The van der Waals surface area contributed by atoms with Crippen LogP contribution in [0.25, 0.3) is 140 Å². The Labute approximate surface area is 473 Å². The number of fused-ring (bicyclic) bond motifs is 8. The van der Waals surface area contributed by atoms with Crippen molar-refractivity contribution in [1.29, 1.82) is 0 Å². The van der Waals surface area contributed by atoms with Crippen molar-refractivity contribution in [2.75, 3.05) is 0 Å². The van der Waals surface area contributed by atoms with E-state index in [0.29, 0.717) is 0 Å². The van der Waals surface area contributed by atoms with Crippen molar-refractivity contribution < 1.29 is 0 Å². The third kappa shape index (κ3) is 6.00. The molecule has 10 aliphatic carbocycles. The maximum atomic E-state index is 5.79. The molecule has 21 rings (SSSR count). The number of benzene rings is 9. The summed E-state index contributed by atoms with van der Waals surface area (Å²) in [5, 5.41) is 0. The Balaban J connectivity index is 0.802. The van der Waals surface area contributed by atoms with Crippen LogP contribution in [0.2, 0.25) is 0 Å². The van der Waals surface area contributed by atoms with Crippen LogP contribution in [-0.4, -0.2) is 19.9 Å². The summed E-state index contributed by atoms with van der Waals surface area (Å²) in [5.41, 5.74) is 48.7. The van der Waals surface area contributed by atoms with Crippen molar-refractivity contribution >= 4 is 95.0 Å². The van der Waals surface area contributed by atoms with Crippen LogP contribution in [0.1, 0.15) is 156 Å². The Morgan fingerprint density at radius 2 is 0.317 bits per heavy atom. The normalized spacial score (nSPS) is 15.6. The fraction of sp³-hybridized carbons (Fsp3) is 0.103. The highest BCUT2D eigenvalue weighted by atomic mass is 14.9. The minimum Gasteiger partial charge on any atom is -0.244 e. The van der Waals surface area contributed by atoms with E-state index in [4.69, 9.17) is 19.9 Å². The van der Waals surface area contributed by atoms with E-state index >= 15 is 0 Å². The molecule has 378 valence electrons. The van der Waals surface area contributed by atoms with Gasteiger partial charge in [0.25, 0.3) is 0 Å². The molecule has 2 aromatic heterocycles. The van der Waals surface area contributed by atoms with Crippen molar-refractivity contribution in [3.05, 3.63) is 265 Å². The standard InChI is InChI=1S/C78H46N4/c1-2-40-14-44-6-10-48-34-68-64-28-60(48)24-56(44)20-52(40)17-51-19-55-23-59-27-63(31-64)67(33-47(59)9-5-43(55)13-39(1)51)75-76(68)80-72-38-74-73(37-71(72)79-75)81-77-69-35-49-11-7-45-15-41-3-4-42-16-46-8-12-50-36-70(78(77)82-74)66-30-62(50)26-58(46)22-54(42)18-53(41)21-57(45)25-61(49)29-65(69)32-66/h1-16,19-22,27-30,33-38H,17-18,23-26,31-32H2. The molecule has 16 bridgehead atoms. The summed E-state index contributed by atoms with van der Waals surface area (Å²) >= 11 is 0. The smallest absolute Gasteiger partial charge is 0.0976 e. The summed E-state index contributed by atoms with van der Waals surface area (Å²) in [6.45, 7) is 0. The topological polar surface area (TPSA) is 51.6 Å². The third-order valence-electron chi connectivity index (χ3n) is 20.2. The first-order chi connectivity index (χ1) is 40.4. The van der Waals surface area contributed by atoms with Gasteiger partial charge < -0.3 is 0 Å². The molecule has 2 heterocycles. The van der Waals surface area contributed by atoms with E-state index in [0.717, 1.165) is 118 Å². The van der Waals surface area contributed by atoms with Gasteiger partial charge in [-0.15, -0.1) is 0 Å². The van der Waals surface area contributed by atoms with E-state index in [2.05, 4.69) is 182 Å². The number of hydrogen-bond donors (Lipinski definition) is 0. The fourth-order valence-corrected chi connectivity index (χ4v) is 16.0. The van der Waals surface area contributed by atoms with E-state index in [1.807, 2.05) is 0 Å². The van der Waals surface area contributed by atoms with Crippen LogP contribution >= 0.6 is 0 Å². The van der Waals surface area contributed by atoms with Crippen LogP contribution in [0, 0.1) is 0 Å². The maximum Gasteiger partial charge on any atom is 0.0976 e. The Kier molecular flexibility index (Phi) is 7.91. The van der Waals surface area contributed by atoms with Gasteiger partial charge >= 0.3 is 0 Å². The molecule has 0 saturated heterocycles. The lowest BCUT2D eigenvalue weighted by molar-refractivity contribution is 1.09. The van der Waals surface area contributed by atoms with Crippen LogP contribution < -0.4 is 0 Å². The molecule has 11 aromatic rings. The van der Waals surface area contributed by atoms with Gasteiger partial charge in [0.1, 0.15) is 0 Å². The lowest BCUT2D eigenvalue weighted by atomic mass is 9.88. The first-order valence-corrected chi connectivity index (χ1v) is 29.3. The lowest BCUT2D eigenvalue weighted by Gasteiger charge is -2.16. The Hall–Kier alpha value is -9.90. The molecule has 0 saturated carbocycles. The van der Waals surface area contributed by atoms with Crippen molar-refractivity contribution in [2.45, 2.75) is 51.4 Å². The van der Waals surface area contributed by atoms with Gasteiger partial charge in [0.05, 0.1) is 44.8 Å². The SMILES string of the molecule is C1=Cc2cc3c4cc2Cc2cc5c(cc21)C=Cc1cc2c(cc1C5)Cc1cc(c(cc1-c1nc5cc6nc7c(nc6cc5nc1-2)-c1cc2c5cc1Cc1cc6c(cc1-7)C=Cc1cc7c(cc1C6)Cc1cc(c(cc1C=C7)C=C2)C5)C=C3)C4. The van der Waals surface area contributed by atoms with Gasteiger partial charge in [0.2, 0.25) is 0 Å². The zero-order chi connectivity index (χ0) is 52.8. The van der Waals surface area contributed by atoms with Crippen molar-refractivity contribution in [1.82, 2.24) is 19.9 Å². The number of aromatic nitrogens is 4. The molecule has 0 atom stereocenters. The van der Waals surface area contributed by atoms with Crippen LogP contribution in [0.5, 0.6) is 0 Å². The molecule has 0 unspecified atom stereocenters.